The highest BCUT2D eigenvalue weighted by Crippen LogP contribution is 2.26. The second-order valence-corrected chi connectivity index (χ2v) is 8.85. The number of hydrogen-bond acceptors (Lipinski definition) is 6. The van der Waals surface area contributed by atoms with Gasteiger partial charge in [0, 0.05) is 5.70 Å². The first-order valence-corrected chi connectivity index (χ1v) is 11.6. The molecule has 1 amide bonds. The first-order chi connectivity index (χ1) is 15.1. The summed E-state index contributed by atoms with van der Waals surface area (Å²) in [5, 5.41) is 12.7. The fraction of sp³-hybridized carbons (Fsp3) is 0.391. The monoisotopic (exact) mass is 437 g/mol. The van der Waals surface area contributed by atoms with Gasteiger partial charge in [-0.1, -0.05) is 43.8 Å². The minimum absolute atomic E-state index is 0.0271. The summed E-state index contributed by atoms with van der Waals surface area (Å²) < 4.78 is 7.17. The smallest absolute Gasteiger partial charge is 0.237 e. The molecular weight excluding hydrogens is 410 g/mol. The van der Waals surface area contributed by atoms with Crippen LogP contribution in [0.5, 0.6) is 0 Å². The van der Waals surface area contributed by atoms with Gasteiger partial charge in [0.2, 0.25) is 11.1 Å². The fourth-order valence-corrected chi connectivity index (χ4v) is 4.38. The van der Waals surface area contributed by atoms with E-state index in [9.17, 15) is 4.79 Å². The van der Waals surface area contributed by atoms with Gasteiger partial charge in [0.1, 0.15) is 5.76 Å². The molecule has 0 spiro atoms. The van der Waals surface area contributed by atoms with Crippen LogP contribution in [0, 0.1) is 0 Å². The second-order valence-electron chi connectivity index (χ2n) is 7.91. The minimum Gasteiger partial charge on any atom is -0.467 e. The summed E-state index contributed by atoms with van der Waals surface area (Å²) in [6.45, 7) is 4.77. The topological polar surface area (TPSA) is 77.1 Å². The van der Waals surface area contributed by atoms with E-state index < -0.39 is 0 Å². The Hall–Kier alpha value is -2.87. The predicted molar refractivity (Wildman–Crippen MR) is 120 cm³/mol. The lowest BCUT2D eigenvalue weighted by atomic mass is 10.0. The molecule has 0 N–H and O–H groups in total. The van der Waals surface area contributed by atoms with Crippen LogP contribution in [-0.2, 0) is 11.3 Å². The molecule has 0 aliphatic heterocycles. The van der Waals surface area contributed by atoms with Crippen LogP contribution in [-0.4, -0.2) is 36.8 Å². The van der Waals surface area contributed by atoms with Crippen LogP contribution in [0.1, 0.15) is 56.8 Å². The van der Waals surface area contributed by atoms with Crippen LogP contribution in [0.4, 0.5) is 0 Å². The summed E-state index contributed by atoms with van der Waals surface area (Å²) in [4.78, 5) is 15.0. The Balaban J connectivity index is 1.47. The summed E-state index contributed by atoms with van der Waals surface area (Å²) >= 11 is 1.35. The van der Waals surface area contributed by atoms with Crippen LogP contribution >= 0.6 is 11.8 Å². The van der Waals surface area contributed by atoms with Gasteiger partial charge in [-0.25, -0.2) is 0 Å². The van der Waals surface area contributed by atoms with Gasteiger partial charge in [-0.2, -0.15) is 4.68 Å². The fourth-order valence-electron chi connectivity index (χ4n) is 3.61. The molecule has 0 saturated carbocycles. The molecule has 0 unspecified atom stereocenters. The maximum Gasteiger partial charge on any atom is 0.237 e. The molecule has 162 valence electrons. The van der Waals surface area contributed by atoms with Gasteiger partial charge in [0.05, 0.1) is 24.2 Å². The van der Waals surface area contributed by atoms with Crippen molar-refractivity contribution in [3.63, 3.8) is 0 Å². The third kappa shape index (κ3) is 5.25. The largest absolute Gasteiger partial charge is 0.467 e. The number of amides is 1. The molecule has 8 heteroatoms. The number of thioether (sulfide) groups is 1. The number of aromatic nitrogens is 4. The van der Waals surface area contributed by atoms with Crippen molar-refractivity contribution < 1.29 is 9.21 Å². The second kappa shape index (κ2) is 9.96. The summed E-state index contributed by atoms with van der Waals surface area (Å²) in [6, 6.07) is 11.9. The Morgan fingerprint density at radius 1 is 1.23 bits per heavy atom. The van der Waals surface area contributed by atoms with Gasteiger partial charge >= 0.3 is 0 Å². The Bertz CT molecular complexity index is 1020. The zero-order valence-electron chi connectivity index (χ0n) is 17.9. The lowest BCUT2D eigenvalue weighted by Gasteiger charge is -2.27. The van der Waals surface area contributed by atoms with Crippen LogP contribution in [0.3, 0.4) is 0 Å². The summed E-state index contributed by atoms with van der Waals surface area (Å²) in [5.74, 6) is 1.52. The summed E-state index contributed by atoms with van der Waals surface area (Å²) in [7, 11) is 0. The van der Waals surface area contributed by atoms with Crippen LogP contribution in [0.15, 0.2) is 64.0 Å². The predicted octanol–water partition coefficient (Wildman–Crippen LogP) is 4.96. The van der Waals surface area contributed by atoms with Crippen molar-refractivity contribution in [2.24, 2.45) is 0 Å². The molecule has 2 aromatic heterocycles. The molecule has 2 heterocycles. The van der Waals surface area contributed by atoms with E-state index in [4.69, 9.17) is 4.42 Å². The number of benzene rings is 1. The molecule has 0 saturated heterocycles. The Kier molecular flexibility index (Phi) is 6.86. The van der Waals surface area contributed by atoms with Crippen molar-refractivity contribution in [3.8, 4) is 5.69 Å². The number of furan rings is 1. The third-order valence-corrected chi connectivity index (χ3v) is 6.28. The van der Waals surface area contributed by atoms with Crippen molar-refractivity contribution in [1.82, 2.24) is 25.1 Å². The molecule has 0 bridgehead atoms. The number of tetrazole rings is 1. The van der Waals surface area contributed by atoms with Crippen molar-refractivity contribution in [2.75, 3.05) is 5.75 Å². The lowest BCUT2D eigenvalue weighted by Crippen LogP contribution is -2.32. The summed E-state index contributed by atoms with van der Waals surface area (Å²) in [5.41, 5.74) is 3.22. The molecule has 1 aliphatic rings. The van der Waals surface area contributed by atoms with Crippen LogP contribution in [0.2, 0.25) is 0 Å². The number of carbonyl (C=O) groups excluding carboxylic acids is 1. The number of allylic oxidation sites excluding steroid dienone is 2. The van der Waals surface area contributed by atoms with Gasteiger partial charge in [0.25, 0.3) is 0 Å². The molecule has 31 heavy (non-hydrogen) atoms. The highest BCUT2D eigenvalue weighted by Gasteiger charge is 2.22. The first-order valence-electron chi connectivity index (χ1n) is 10.6. The van der Waals surface area contributed by atoms with Crippen molar-refractivity contribution in [1.29, 1.82) is 0 Å². The molecular formula is C23H27N5O2S. The molecule has 3 aromatic rings. The first kappa shape index (κ1) is 21.4. The molecule has 1 aromatic carbocycles. The van der Waals surface area contributed by atoms with Gasteiger partial charge in [-0.15, -0.1) is 5.10 Å². The Labute approximate surface area is 186 Å². The molecule has 0 atom stereocenters. The average molecular weight is 438 g/mol. The van der Waals surface area contributed by atoms with Gasteiger partial charge in [0.15, 0.2) is 0 Å². The number of carbonyl (C=O) groups is 1. The number of rotatable bonds is 8. The zero-order valence-corrected chi connectivity index (χ0v) is 18.7. The van der Waals surface area contributed by atoms with E-state index in [2.05, 4.69) is 47.6 Å². The van der Waals surface area contributed by atoms with Gasteiger partial charge in [-0.05, 0) is 71.9 Å². The van der Waals surface area contributed by atoms with Crippen LogP contribution in [0.25, 0.3) is 5.69 Å². The molecule has 4 rings (SSSR count). The highest BCUT2D eigenvalue weighted by atomic mass is 32.2. The van der Waals surface area contributed by atoms with E-state index in [1.807, 2.05) is 29.2 Å². The zero-order chi connectivity index (χ0) is 21.6. The lowest BCUT2D eigenvalue weighted by molar-refractivity contribution is -0.127. The van der Waals surface area contributed by atoms with Gasteiger partial charge < -0.3 is 9.32 Å². The maximum atomic E-state index is 13.2. The van der Waals surface area contributed by atoms with Gasteiger partial charge in [-0.3, -0.25) is 4.79 Å². The molecule has 0 fully saturated rings. The van der Waals surface area contributed by atoms with E-state index in [1.54, 1.807) is 10.9 Å². The quantitative estimate of drug-likeness (QED) is 0.464. The van der Waals surface area contributed by atoms with E-state index in [1.165, 1.54) is 23.7 Å². The van der Waals surface area contributed by atoms with Crippen molar-refractivity contribution in [3.05, 3.63) is 65.8 Å². The van der Waals surface area contributed by atoms with Crippen molar-refractivity contribution >= 4 is 17.7 Å². The Morgan fingerprint density at radius 2 is 2.06 bits per heavy atom. The third-order valence-electron chi connectivity index (χ3n) is 5.38. The van der Waals surface area contributed by atoms with Crippen molar-refractivity contribution in [2.45, 2.75) is 57.1 Å². The minimum atomic E-state index is 0.0271. The Morgan fingerprint density at radius 3 is 2.74 bits per heavy atom. The van der Waals surface area contributed by atoms with E-state index in [-0.39, 0.29) is 11.7 Å². The normalized spacial score (nSPS) is 14.0. The van der Waals surface area contributed by atoms with E-state index in [0.29, 0.717) is 17.6 Å². The maximum absolute atomic E-state index is 13.2. The summed E-state index contributed by atoms with van der Waals surface area (Å²) in [6.07, 6.45) is 8.01. The molecule has 1 aliphatic carbocycles. The van der Waals surface area contributed by atoms with E-state index in [0.717, 1.165) is 36.4 Å². The average Bonchev–Trinajstić information content (AvgIpc) is 3.48. The number of nitrogens with zero attached hydrogens (tertiary/aromatic N) is 5. The number of hydrogen-bond donors (Lipinski definition) is 0. The SMILES string of the molecule is CC(C)c1ccc(-n2nnnc2SCC(=O)N(Cc2ccco2)C2=CCCCC2)cc1. The van der Waals surface area contributed by atoms with Crippen LogP contribution < -0.4 is 0 Å². The highest BCUT2D eigenvalue weighted by molar-refractivity contribution is 7.99. The standard InChI is InChI=1S/C23H27N5O2S/c1-17(2)18-10-12-20(13-11-18)28-23(24-25-26-28)31-16-22(29)27(15-21-9-6-14-30-21)19-7-4-3-5-8-19/h6-7,9-14,17H,3-5,8,15-16H2,1-2H3. The molecule has 7 nitrogen and oxygen atoms in total. The van der Waals surface area contributed by atoms with E-state index >= 15 is 0 Å². The molecule has 0 radical (unpaired) electrons.